The van der Waals surface area contributed by atoms with Gasteiger partial charge in [0.15, 0.2) is 18.0 Å². The first kappa shape index (κ1) is 25.0. The number of hydrogen-bond donors (Lipinski definition) is 2. The minimum Gasteiger partial charge on any atom is -0.455 e. The molecule has 0 amide bonds. The Bertz CT molecular complexity index is 950. The van der Waals surface area contributed by atoms with Gasteiger partial charge in [0.1, 0.15) is 18.3 Å². The molecule has 2 aromatic carbocycles. The number of ether oxygens (including phenoxy) is 3. The highest BCUT2D eigenvalue weighted by Crippen LogP contribution is 2.39. The normalized spacial score (nSPS) is 26.1. The third-order valence-electron chi connectivity index (χ3n) is 6.56. The third-order valence-corrected chi connectivity index (χ3v) is 11.6. The number of rotatable bonds is 7. The van der Waals surface area contributed by atoms with Crippen LogP contribution in [0, 0.1) is 0 Å². The number of esters is 1. The van der Waals surface area contributed by atoms with E-state index in [0.29, 0.717) is 0 Å². The van der Waals surface area contributed by atoms with Crippen molar-refractivity contribution in [1.29, 1.82) is 0 Å². The van der Waals surface area contributed by atoms with Gasteiger partial charge < -0.3 is 28.8 Å². The molecule has 2 heterocycles. The largest absolute Gasteiger partial charge is 0.455 e. The van der Waals surface area contributed by atoms with Crippen LogP contribution in [0.3, 0.4) is 0 Å². The minimum absolute atomic E-state index is 0.135. The Morgan fingerprint density at radius 1 is 0.971 bits per heavy atom. The molecular weight excluding hydrogens is 452 g/mol. The molecular formula is C26H34O7Si. The summed E-state index contributed by atoms with van der Waals surface area (Å²) in [5.41, 5.74) is 0. The second-order valence-electron chi connectivity index (χ2n) is 10.5. The molecule has 7 nitrogen and oxygen atoms in total. The molecule has 0 spiro atoms. The summed E-state index contributed by atoms with van der Waals surface area (Å²) < 4.78 is 23.4. The molecule has 2 aliphatic rings. The zero-order valence-corrected chi connectivity index (χ0v) is 21.3. The molecule has 2 N–H and O–H groups in total. The van der Waals surface area contributed by atoms with E-state index in [9.17, 15) is 15.0 Å². The van der Waals surface area contributed by atoms with Crippen LogP contribution in [0.15, 0.2) is 60.7 Å². The van der Waals surface area contributed by atoms with Crippen molar-refractivity contribution in [3.05, 3.63) is 60.7 Å². The molecule has 2 saturated heterocycles. The number of cyclic esters (lactones) is 1. The molecule has 0 aliphatic carbocycles. The molecule has 2 aromatic rings. The van der Waals surface area contributed by atoms with Gasteiger partial charge in [-0.05, 0) is 29.3 Å². The second kappa shape index (κ2) is 9.18. The zero-order valence-electron chi connectivity index (χ0n) is 20.3. The molecule has 0 aromatic heterocycles. The summed E-state index contributed by atoms with van der Waals surface area (Å²) >= 11 is 0. The van der Waals surface area contributed by atoms with E-state index in [1.54, 1.807) is 13.8 Å². The van der Waals surface area contributed by atoms with Gasteiger partial charge >= 0.3 is 5.97 Å². The SMILES string of the molecule is CC1(C)O[C@H]2[C@H]([C@H](O)[C@@H](O)CO[Si](c3ccccc3)(c3ccccc3)C(C)(C)C)OC(=O)[C@H]2O1. The van der Waals surface area contributed by atoms with Crippen molar-refractivity contribution in [3.63, 3.8) is 0 Å². The van der Waals surface area contributed by atoms with Crippen molar-refractivity contribution >= 4 is 24.7 Å². The van der Waals surface area contributed by atoms with Crippen LogP contribution in [-0.2, 0) is 23.4 Å². The zero-order chi connectivity index (χ0) is 24.7. The highest BCUT2D eigenvalue weighted by Gasteiger charge is 2.59. The van der Waals surface area contributed by atoms with Crippen LogP contribution >= 0.6 is 0 Å². The average molecular weight is 487 g/mol. The summed E-state index contributed by atoms with van der Waals surface area (Å²) in [5.74, 6) is -1.57. The lowest BCUT2D eigenvalue weighted by atomic mass is 10.0. The number of carbonyl (C=O) groups is 1. The van der Waals surface area contributed by atoms with Crippen molar-refractivity contribution in [1.82, 2.24) is 0 Å². The van der Waals surface area contributed by atoms with Gasteiger partial charge in [0.25, 0.3) is 8.32 Å². The summed E-state index contributed by atoms with van der Waals surface area (Å²) in [4.78, 5) is 12.3. The Labute approximate surface area is 201 Å². The number of benzene rings is 2. The first-order chi connectivity index (χ1) is 16.0. The van der Waals surface area contributed by atoms with Gasteiger partial charge in [-0.2, -0.15) is 0 Å². The van der Waals surface area contributed by atoms with Crippen molar-refractivity contribution in [2.75, 3.05) is 6.61 Å². The molecule has 0 saturated carbocycles. The van der Waals surface area contributed by atoms with Crippen LogP contribution in [-0.4, -0.2) is 67.4 Å². The Hall–Kier alpha value is -2.07. The molecule has 0 unspecified atom stereocenters. The van der Waals surface area contributed by atoms with Gasteiger partial charge in [0, 0.05) is 0 Å². The maximum atomic E-state index is 12.3. The first-order valence-electron chi connectivity index (χ1n) is 11.6. The van der Waals surface area contributed by atoms with Crippen LogP contribution in [0.2, 0.25) is 5.04 Å². The molecule has 5 atom stereocenters. The number of carbonyl (C=O) groups excluding carboxylic acids is 1. The molecule has 184 valence electrons. The van der Waals surface area contributed by atoms with E-state index in [2.05, 4.69) is 45.0 Å². The van der Waals surface area contributed by atoms with Crippen molar-refractivity contribution in [2.24, 2.45) is 0 Å². The van der Waals surface area contributed by atoms with Crippen LogP contribution < -0.4 is 10.4 Å². The monoisotopic (exact) mass is 486 g/mol. The maximum absolute atomic E-state index is 12.3. The summed E-state index contributed by atoms with van der Waals surface area (Å²) in [7, 11) is -2.90. The lowest BCUT2D eigenvalue weighted by Crippen LogP contribution is -2.67. The lowest BCUT2D eigenvalue weighted by Gasteiger charge is -2.43. The van der Waals surface area contributed by atoms with Crippen molar-refractivity contribution in [3.8, 4) is 0 Å². The number of aliphatic hydroxyl groups excluding tert-OH is 2. The topological polar surface area (TPSA) is 94.5 Å². The minimum atomic E-state index is -2.90. The predicted molar refractivity (Wildman–Crippen MR) is 129 cm³/mol. The van der Waals surface area contributed by atoms with Crippen LogP contribution in [0.1, 0.15) is 34.6 Å². The van der Waals surface area contributed by atoms with Gasteiger partial charge in [-0.15, -0.1) is 0 Å². The third kappa shape index (κ3) is 4.46. The smallest absolute Gasteiger partial charge is 0.338 e. The van der Waals surface area contributed by atoms with E-state index >= 15 is 0 Å². The molecule has 0 bridgehead atoms. The van der Waals surface area contributed by atoms with E-state index in [1.165, 1.54) is 0 Å². The molecule has 2 aliphatic heterocycles. The summed E-state index contributed by atoms with van der Waals surface area (Å²) in [5, 5.41) is 23.8. The van der Waals surface area contributed by atoms with Crippen molar-refractivity contribution in [2.45, 2.75) is 76.0 Å². The van der Waals surface area contributed by atoms with Gasteiger partial charge in [-0.3, -0.25) is 0 Å². The molecule has 34 heavy (non-hydrogen) atoms. The first-order valence-corrected chi connectivity index (χ1v) is 13.5. The van der Waals surface area contributed by atoms with Gasteiger partial charge in [0.05, 0.1) is 6.61 Å². The number of hydrogen-bond acceptors (Lipinski definition) is 7. The second-order valence-corrected chi connectivity index (χ2v) is 14.8. The fourth-order valence-electron chi connectivity index (χ4n) is 5.03. The van der Waals surface area contributed by atoms with Gasteiger partial charge in [-0.25, -0.2) is 4.79 Å². The standard InChI is InChI=1S/C26H34O7Si/c1-25(2,3)34(17-12-8-6-9-13-17,18-14-10-7-11-15-18)30-16-19(27)20(28)21-22-23(24(29)31-21)33-26(4,5)32-22/h6-15,19-23,27-28H,16H2,1-5H3/t19-,20+,21-,22-,23-/m0/s1. The van der Waals surface area contributed by atoms with E-state index in [0.717, 1.165) is 10.4 Å². The Morgan fingerprint density at radius 3 is 2.00 bits per heavy atom. The van der Waals surface area contributed by atoms with Gasteiger partial charge in [0.2, 0.25) is 0 Å². The quantitative estimate of drug-likeness (QED) is 0.455. The van der Waals surface area contributed by atoms with Gasteiger partial charge in [-0.1, -0.05) is 81.4 Å². The highest BCUT2D eigenvalue weighted by atomic mass is 28.4. The van der Waals surface area contributed by atoms with E-state index in [4.69, 9.17) is 18.6 Å². The maximum Gasteiger partial charge on any atom is 0.338 e. The Kier molecular flexibility index (Phi) is 6.76. The summed E-state index contributed by atoms with van der Waals surface area (Å²) in [6, 6.07) is 20.1. The predicted octanol–water partition coefficient (Wildman–Crippen LogP) is 1.73. The van der Waals surface area contributed by atoms with Crippen LogP contribution in [0.4, 0.5) is 0 Å². The Balaban J connectivity index is 1.60. The summed E-state index contributed by atoms with van der Waals surface area (Å²) in [6.45, 7) is 9.67. The average Bonchev–Trinajstić information content (AvgIpc) is 3.27. The lowest BCUT2D eigenvalue weighted by molar-refractivity contribution is -0.199. The fraction of sp³-hybridized carbons (Fsp3) is 0.500. The van der Waals surface area contributed by atoms with Crippen LogP contribution in [0.5, 0.6) is 0 Å². The fourth-order valence-corrected chi connectivity index (χ4v) is 9.61. The molecule has 2 fully saturated rings. The molecule has 8 heteroatoms. The van der Waals surface area contributed by atoms with E-state index in [-0.39, 0.29) is 11.6 Å². The van der Waals surface area contributed by atoms with E-state index < -0.39 is 50.6 Å². The Morgan fingerprint density at radius 2 is 1.50 bits per heavy atom. The van der Waals surface area contributed by atoms with E-state index in [1.807, 2.05) is 36.4 Å². The molecule has 0 radical (unpaired) electrons. The van der Waals surface area contributed by atoms with Crippen LogP contribution in [0.25, 0.3) is 0 Å². The van der Waals surface area contributed by atoms with Crippen molar-refractivity contribution < 1.29 is 33.6 Å². The number of aliphatic hydroxyl groups is 2. The molecule has 4 rings (SSSR count). The highest BCUT2D eigenvalue weighted by molar-refractivity contribution is 6.99. The number of fused-ring (bicyclic) bond motifs is 1. The summed E-state index contributed by atoms with van der Waals surface area (Å²) in [6.07, 6.45) is -5.45.